The lowest BCUT2D eigenvalue weighted by Crippen LogP contribution is -2.51. The zero-order valence-corrected chi connectivity index (χ0v) is 22.1. The van der Waals surface area contributed by atoms with E-state index in [0.29, 0.717) is 42.4 Å². The van der Waals surface area contributed by atoms with E-state index in [4.69, 9.17) is 5.73 Å². The van der Waals surface area contributed by atoms with Crippen molar-refractivity contribution in [3.05, 3.63) is 11.6 Å². The number of Topliss-reactive ketones (excluding diaryl/α,β-unsaturated/α-hetero) is 1. The molecule has 3 saturated carbocycles. The fraction of sp³-hybridized carbons (Fsp3) is 0.900. The monoisotopic (exact) mass is 457 g/mol. The van der Waals surface area contributed by atoms with Gasteiger partial charge in [0.05, 0.1) is 6.10 Å². The topological polar surface area (TPSA) is 63.3 Å². The van der Waals surface area contributed by atoms with Crippen LogP contribution in [0.5, 0.6) is 0 Å². The fourth-order valence-corrected chi connectivity index (χ4v) is 9.46. The lowest BCUT2D eigenvalue weighted by Gasteiger charge is -2.58. The molecule has 0 aliphatic heterocycles. The third-order valence-corrected chi connectivity index (χ3v) is 11.1. The van der Waals surface area contributed by atoms with E-state index in [1.165, 1.54) is 32.1 Å². The van der Waals surface area contributed by atoms with Gasteiger partial charge in [0.1, 0.15) is 5.78 Å². The van der Waals surface area contributed by atoms with Crippen LogP contribution in [0, 0.1) is 52.3 Å². The Bertz CT molecular complexity index is 744. The van der Waals surface area contributed by atoms with Crippen molar-refractivity contribution in [2.24, 2.45) is 58.0 Å². The summed E-state index contributed by atoms with van der Waals surface area (Å²) in [5.41, 5.74) is 7.96. The maximum Gasteiger partial charge on any atom is 0.137 e. The molecule has 9 atom stereocenters. The Morgan fingerprint density at radius 3 is 2.61 bits per heavy atom. The highest BCUT2D eigenvalue weighted by Gasteiger charge is 2.62. The minimum atomic E-state index is -0.143. The summed E-state index contributed by atoms with van der Waals surface area (Å²) in [5.74, 6) is 4.62. The van der Waals surface area contributed by atoms with Crippen molar-refractivity contribution < 1.29 is 9.90 Å². The summed E-state index contributed by atoms with van der Waals surface area (Å²) in [4.78, 5) is 13.4. The van der Waals surface area contributed by atoms with Crippen LogP contribution in [0.4, 0.5) is 0 Å². The van der Waals surface area contributed by atoms with E-state index in [2.05, 4.69) is 40.7 Å². The van der Waals surface area contributed by atoms with Crippen LogP contribution < -0.4 is 5.73 Å². The number of ketones is 1. The predicted octanol–water partition coefficient (Wildman–Crippen LogP) is 6.53. The van der Waals surface area contributed by atoms with Crippen molar-refractivity contribution in [3.63, 3.8) is 0 Å². The first kappa shape index (κ1) is 25.4. The van der Waals surface area contributed by atoms with Crippen LogP contribution >= 0.6 is 0 Å². The standard InChI is InChI=1S/C30H51NO2/c1-19(2)7-6-8-20(3)28-24(27(33)13-16-31)18-26-23-10-9-21-17-22(32)11-14-29(21,4)25(23)12-15-30(26,28)5/h9,19-20,22-26,28,32H,6-8,10-18,31H2,1-5H3/t20-,22+,23-,24?,25+,26+,28+,29+,30+/m1/s1. The van der Waals surface area contributed by atoms with Gasteiger partial charge in [-0.1, -0.05) is 65.5 Å². The molecular formula is C30H51NO2. The molecule has 33 heavy (non-hydrogen) atoms. The smallest absolute Gasteiger partial charge is 0.137 e. The van der Waals surface area contributed by atoms with E-state index in [1.807, 2.05) is 0 Å². The second kappa shape index (κ2) is 9.76. The van der Waals surface area contributed by atoms with Crippen molar-refractivity contribution in [3.8, 4) is 0 Å². The van der Waals surface area contributed by atoms with Gasteiger partial charge in [0.15, 0.2) is 0 Å². The van der Waals surface area contributed by atoms with Gasteiger partial charge in [-0.15, -0.1) is 0 Å². The molecule has 3 nitrogen and oxygen atoms in total. The van der Waals surface area contributed by atoms with E-state index < -0.39 is 0 Å². The number of fused-ring (bicyclic) bond motifs is 5. The van der Waals surface area contributed by atoms with Crippen molar-refractivity contribution in [2.45, 2.75) is 111 Å². The zero-order chi connectivity index (χ0) is 24.0. The van der Waals surface area contributed by atoms with Gasteiger partial charge < -0.3 is 10.8 Å². The largest absolute Gasteiger partial charge is 0.393 e. The maximum absolute atomic E-state index is 13.4. The number of hydrogen-bond donors (Lipinski definition) is 2. The Morgan fingerprint density at radius 1 is 1.15 bits per heavy atom. The number of aliphatic hydroxyl groups excluding tert-OH is 1. The minimum Gasteiger partial charge on any atom is -0.393 e. The van der Waals surface area contributed by atoms with Gasteiger partial charge in [0, 0.05) is 12.3 Å². The van der Waals surface area contributed by atoms with Gasteiger partial charge in [-0.05, 0) is 97.8 Å². The number of carbonyl (C=O) groups is 1. The quantitative estimate of drug-likeness (QED) is 0.407. The van der Waals surface area contributed by atoms with Crippen LogP contribution in [0.2, 0.25) is 0 Å². The van der Waals surface area contributed by atoms with Crippen molar-refractivity contribution in [2.75, 3.05) is 6.54 Å². The first-order valence-corrected chi connectivity index (χ1v) is 14.2. The van der Waals surface area contributed by atoms with E-state index in [-0.39, 0.29) is 22.9 Å². The first-order valence-electron chi connectivity index (χ1n) is 14.2. The van der Waals surface area contributed by atoms with Crippen LogP contribution in [-0.4, -0.2) is 23.5 Å². The Morgan fingerprint density at radius 2 is 1.91 bits per heavy atom. The Hall–Kier alpha value is -0.670. The molecule has 0 aromatic carbocycles. The summed E-state index contributed by atoms with van der Waals surface area (Å²) < 4.78 is 0. The molecule has 0 saturated heterocycles. The van der Waals surface area contributed by atoms with Crippen LogP contribution in [0.1, 0.15) is 105 Å². The Labute approximate surface area is 203 Å². The van der Waals surface area contributed by atoms with Crippen molar-refractivity contribution in [1.82, 2.24) is 0 Å². The highest BCUT2D eigenvalue weighted by molar-refractivity contribution is 5.82. The third-order valence-electron chi connectivity index (χ3n) is 11.1. The van der Waals surface area contributed by atoms with Gasteiger partial charge in [0.2, 0.25) is 0 Å². The number of aliphatic hydroxyl groups is 1. The molecular weight excluding hydrogens is 406 g/mol. The molecule has 0 aromatic rings. The molecule has 1 unspecified atom stereocenters. The summed E-state index contributed by atoms with van der Waals surface area (Å²) >= 11 is 0. The lowest BCUT2D eigenvalue weighted by atomic mass is 9.47. The average Bonchev–Trinajstić information content (AvgIpc) is 3.07. The zero-order valence-electron chi connectivity index (χ0n) is 22.1. The first-order chi connectivity index (χ1) is 15.6. The number of carbonyl (C=O) groups excluding carboxylic acids is 1. The van der Waals surface area contributed by atoms with Crippen LogP contribution in [0.25, 0.3) is 0 Å². The second-order valence-electron chi connectivity index (χ2n) is 13.4. The molecule has 3 heteroatoms. The van der Waals surface area contributed by atoms with E-state index in [0.717, 1.165) is 43.9 Å². The number of nitrogens with two attached hydrogens (primary N) is 1. The molecule has 4 aliphatic carbocycles. The summed E-state index contributed by atoms with van der Waals surface area (Å²) in [7, 11) is 0. The molecule has 188 valence electrons. The van der Waals surface area contributed by atoms with Gasteiger partial charge in [-0.3, -0.25) is 4.79 Å². The summed E-state index contributed by atoms with van der Waals surface area (Å²) in [6.45, 7) is 12.7. The third kappa shape index (κ3) is 4.51. The number of rotatable bonds is 8. The summed E-state index contributed by atoms with van der Waals surface area (Å²) in [6, 6.07) is 0. The Kier molecular flexibility index (Phi) is 7.52. The molecule has 0 aromatic heterocycles. The molecule has 0 heterocycles. The molecule has 0 spiro atoms. The normalized spacial score (nSPS) is 43.5. The Balaban J connectivity index is 1.61. The van der Waals surface area contributed by atoms with E-state index in [9.17, 15) is 9.90 Å². The number of hydrogen-bond acceptors (Lipinski definition) is 3. The average molecular weight is 458 g/mol. The van der Waals surface area contributed by atoms with Crippen LogP contribution in [-0.2, 0) is 4.79 Å². The molecule has 0 amide bonds. The van der Waals surface area contributed by atoms with Crippen LogP contribution in [0.15, 0.2) is 11.6 Å². The highest BCUT2D eigenvalue weighted by Crippen LogP contribution is 2.68. The minimum absolute atomic E-state index is 0.143. The number of allylic oxidation sites excluding steroid dienone is 1. The molecule has 4 rings (SSSR count). The lowest BCUT2D eigenvalue weighted by molar-refractivity contribution is -0.125. The second-order valence-corrected chi connectivity index (χ2v) is 13.4. The van der Waals surface area contributed by atoms with Crippen molar-refractivity contribution in [1.29, 1.82) is 0 Å². The van der Waals surface area contributed by atoms with Gasteiger partial charge in [0.25, 0.3) is 0 Å². The van der Waals surface area contributed by atoms with E-state index in [1.54, 1.807) is 5.57 Å². The van der Waals surface area contributed by atoms with E-state index >= 15 is 0 Å². The van der Waals surface area contributed by atoms with Crippen molar-refractivity contribution >= 4 is 5.78 Å². The van der Waals surface area contributed by atoms with Gasteiger partial charge in [-0.25, -0.2) is 0 Å². The molecule has 0 radical (unpaired) electrons. The van der Waals surface area contributed by atoms with Gasteiger partial charge in [-0.2, -0.15) is 0 Å². The SMILES string of the molecule is CC(C)CCC[C@@H](C)[C@H]1C(C(=O)CCN)C[C@H]2[C@@H]3CC=C4C[C@@H](O)CC[C@]4(C)[C@H]3CC[C@]12C. The van der Waals surface area contributed by atoms with Gasteiger partial charge >= 0.3 is 0 Å². The van der Waals surface area contributed by atoms with Crippen LogP contribution in [0.3, 0.4) is 0 Å². The summed E-state index contributed by atoms with van der Waals surface area (Å²) in [5, 5.41) is 10.3. The molecule has 0 bridgehead atoms. The highest BCUT2D eigenvalue weighted by atomic mass is 16.3. The molecule has 4 aliphatic rings. The molecule has 3 fully saturated rings. The predicted molar refractivity (Wildman–Crippen MR) is 137 cm³/mol. The molecule has 3 N–H and O–H groups in total. The fourth-order valence-electron chi connectivity index (χ4n) is 9.46. The summed E-state index contributed by atoms with van der Waals surface area (Å²) in [6.07, 6.45) is 14.6. The maximum atomic E-state index is 13.4.